The zero-order chi connectivity index (χ0) is 19.5. The molecule has 1 aromatic heterocycles. The largest absolute Gasteiger partial charge is 0.383 e. The molecule has 0 saturated heterocycles. The maximum absolute atomic E-state index is 12.8. The predicted octanol–water partition coefficient (Wildman–Crippen LogP) is 4.93. The van der Waals surface area contributed by atoms with Crippen molar-refractivity contribution in [3.05, 3.63) is 75.5 Å². The molecule has 142 valence electrons. The van der Waals surface area contributed by atoms with Gasteiger partial charge in [0.05, 0.1) is 23.2 Å². The van der Waals surface area contributed by atoms with Crippen LogP contribution in [0.3, 0.4) is 0 Å². The molecule has 3 aromatic carbocycles. The first kappa shape index (κ1) is 19.1. The molecule has 0 saturated carbocycles. The van der Waals surface area contributed by atoms with Crippen LogP contribution in [-0.4, -0.2) is 24.2 Å². The maximum Gasteiger partial charge on any atom is 0.252 e. The first-order chi connectivity index (χ1) is 13.7. The van der Waals surface area contributed by atoms with Gasteiger partial charge < -0.3 is 9.30 Å². The molecule has 0 bridgehead atoms. The standard InChI is InChI=1S/C22H19BrN2O2S/c1-27-12-11-25-19-10-9-17(23)14-20(19)28-22(25)24-21(26)13-16-7-4-6-15-5-2-3-8-18(15)16/h2-10,14H,11-13H2,1H3. The molecule has 0 atom stereocenters. The molecule has 1 amide bonds. The van der Waals surface area contributed by atoms with Crippen molar-refractivity contribution in [3.63, 3.8) is 0 Å². The molecule has 0 aliphatic rings. The van der Waals surface area contributed by atoms with Crippen LogP contribution in [0, 0.1) is 0 Å². The van der Waals surface area contributed by atoms with Gasteiger partial charge in [-0.25, -0.2) is 0 Å². The second-order valence-electron chi connectivity index (χ2n) is 6.46. The number of rotatable bonds is 5. The highest BCUT2D eigenvalue weighted by Gasteiger charge is 2.10. The van der Waals surface area contributed by atoms with E-state index in [2.05, 4.69) is 43.7 Å². The highest BCUT2D eigenvalue weighted by Crippen LogP contribution is 2.23. The van der Waals surface area contributed by atoms with Gasteiger partial charge in [0.1, 0.15) is 0 Å². The molecule has 4 nitrogen and oxygen atoms in total. The smallest absolute Gasteiger partial charge is 0.252 e. The topological polar surface area (TPSA) is 43.6 Å². The highest BCUT2D eigenvalue weighted by atomic mass is 79.9. The van der Waals surface area contributed by atoms with Crippen LogP contribution in [0.1, 0.15) is 5.56 Å². The Kier molecular flexibility index (Phi) is 5.71. The van der Waals surface area contributed by atoms with Gasteiger partial charge in [0, 0.05) is 18.1 Å². The van der Waals surface area contributed by atoms with E-state index in [1.807, 2.05) is 42.5 Å². The number of hydrogen-bond donors (Lipinski definition) is 0. The normalized spacial score (nSPS) is 12.1. The van der Waals surface area contributed by atoms with Gasteiger partial charge in [0.25, 0.3) is 5.91 Å². The van der Waals surface area contributed by atoms with Crippen LogP contribution in [0.2, 0.25) is 0 Å². The van der Waals surface area contributed by atoms with E-state index in [-0.39, 0.29) is 12.3 Å². The Bertz CT molecular complexity index is 1220. The lowest BCUT2D eigenvalue weighted by Gasteiger charge is -2.05. The van der Waals surface area contributed by atoms with Gasteiger partial charge in [-0.15, -0.1) is 0 Å². The van der Waals surface area contributed by atoms with Crippen LogP contribution < -0.4 is 4.80 Å². The second-order valence-corrected chi connectivity index (χ2v) is 8.39. The van der Waals surface area contributed by atoms with Crippen molar-refractivity contribution in [2.75, 3.05) is 13.7 Å². The maximum atomic E-state index is 12.8. The first-order valence-corrected chi connectivity index (χ1v) is 10.6. The zero-order valence-corrected chi connectivity index (χ0v) is 17.8. The third kappa shape index (κ3) is 3.94. The Balaban J connectivity index is 1.73. The fourth-order valence-electron chi connectivity index (χ4n) is 3.29. The molecule has 4 aromatic rings. The minimum Gasteiger partial charge on any atom is -0.383 e. The summed E-state index contributed by atoms with van der Waals surface area (Å²) < 4.78 is 9.39. The lowest BCUT2D eigenvalue weighted by Crippen LogP contribution is -2.19. The number of carbonyl (C=O) groups excluding carboxylic acids is 1. The molecule has 0 aliphatic carbocycles. The van der Waals surface area contributed by atoms with Crippen molar-refractivity contribution in [1.29, 1.82) is 0 Å². The summed E-state index contributed by atoms with van der Waals surface area (Å²) in [6, 6.07) is 20.2. The number of aromatic nitrogens is 1. The van der Waals surface area contributed by atoms with E-state index in [1.54, 1.807) is 7.11 Å². The van der Waals surface area contributed by atoms with Gasteiger partial charge in [0.2, 0.25) is 0 Å². The van der Waals surface area contributed by atoms with Gasteiger partial charge in [-0.3, -0.25) is 4.79 Å². The molecule has 0 aliphatic heterocycles. The third-order valence-electron chi connectivity index (χ3n) is 4.61. The van der Waals surface area contributed by atoms with Crippen molar-refractivity contribution in [1.82, 2.24) is 4.57 Å². The molecule has 0 unspecified atom stereocenters. The summed E-state index contributed by atoms with van der Waals surface area (Å²) in [5.74, 6) is -0.145. The number of hydrogen-bond acceptors (Lipinski definition) is 3. The molecule has 6 heteroatoms. The van der Waals surface area contributed by atoms with Gasteiger partial charge in [-0.05, 0) is 34.5 Å². The highest BCUT2D eigenvalue weighted by molar-refractivity contribution is 9.10. The van der Waals surface area contributed by atoms with Crippen LogP contribution in [-0.2, 0) is 22.5 Å². The van der Waals surface area contributed by atoms with Crippen molar-refractivity contribution in [2.24, 2.45) is 4.99 Å². The number of fused-ring (bicyclic) bond motifs is 2. The molecule has 0 fully saturated rings. The number of ether oxygens (including phenoxy) is 1. The monoisotopic (exact) mass is 454 g/mol. The van der Waals surface area contributed by atoms with E-state index < -0.39 is 0 Å². The van der Waals surface area contributed by atoms with Crippen LogP contribution >= 0.6 is 27.3 Å². The summed E-state index contributed by atoms with van der Waals surface area (Å²) in [5.41, 5.74) is 2.06. The van der Waals surface area contributed by atoms with Crippen molar-refractivity contribution >= 4 is 54.2 Å². The Morgan fingerprint density at radius 3 is 2.82 bits per heavy atom. The molecular formula is C22H19BrN2O2S. The SMILES string of the molecule is COCCn1c(=NC(=O)Cc2cccc3ccccc23)sc2cc(Br)ccc21. The summed E-state index contributed by atoms with van der Waals surface area (Å²) in [6.45, 7) is 1.21. The predicted molar refractivity (Wildman–Crippen MR) is 118 cm³/mol. The molecule has 0 N–H and O–H groups in total. The Morgan fingerprint density at radius 1 is 1.14 bits per heavy atom. The fraction of sp³-hybridized carbons (Fsp3) is 0.182. The van der Waals surface area contributed by atoms with Crippen molar-refractivity contribution in [3.8, 4) is 0 Å². The summed E-state index contributed by atoms with van der Waals surface area (Å²) in [4.78, 5) is 17.9. The average molecular weight is 455 g/mol. The van der Waals surface area contributed by atoms with Crippen LogP contribution in [0.15, 0.2) is 70.1 Å². The average Bonchev–Trinajstić information content (AvgIpc) is 3.02. The van der Waals surface area contributed by atoms with Gasteiger partial charge >= 0.3 is 0 Å². The van der Waals surface area contributed by atoms with Gasteiger partial charge in [-0.1, -0.05) is 69.7 Å². The first-order valence-electron chi connectivity index (χ1n) is 8.98. The summed E-state index contributed by atoms with van der Waals surface area (Å²) >= 11 is 5.03. The second kappa shape index (κ2) is 8.39. The number of methoxy groups -OCH3 is 1. The number of amides is 1. The third-order valence-corrected chi connectivity index (χ3v) is 6.14. The molecule has 28 heavy (non-hydrogen) atoms. The molecule has 0 radical (unpaired) electrons. The number of benzene rings is 3. The quantitative estimate of drug-likeness (QED) is 0.428. The Labute approximate surface area is 175 Å². The summed E-state index contributed by atoms with van der Waals surface area (Å²) in [5, 5.41) is 2.23. The van der Waals surface area contributed by atoms with E-state index >= 15 is 0 Å². The Morgan fingerprint density at radius 2 is 1.96 bits per heavy atom. The lowest BCUT2D eigenvalue weighted by molar-refractivity contribution is -0.117. The summed E-state index contributed by atoms with van der Waals surface area (Å²) in [6.07, 6.45) is 0.281. The van der Waals surface area contributed by atoms with Crippen molar-refractivity contribution in [2.45, 2.75) is 13.0 Å². The lowest BCUT2D eigenvalue weighted by atomic mass is 10.0. The number of halogens is 1. The minimum absolute atomic E-state index is 0.145. The van der Waals surface area contributed by atoms with E-state index in [0.29, 0.717) is 18.0 Å². The zero-order valence-electron chi connectivity index (χ0n) is 15.4. The molecule has 4 rings (SSSR count). The summed E-state index contributed by atoms with van der Waals surface area (Å²) in [7, 11) is 1.67. The number of nitrogens with zero attached hydrogens (tertiary/aromatic N) is 2. The van der Waals surface area contributed by atoms with E-state index in [0.717, 1.165) is 31.0 Å². The molecule has 0 spiro atoms. The molecular weight excluding hydrogens is 436 g/mol. The van der Waals surface area contributed by atoms with Crippen LogP contribution in [0.5, 0.6) is 0 Å². The van der Waals surface area contributed by atoms with Gasteiger partial charge in [-0.2, -0.15) is 4.99 Å². The van der Waals surface area contributed by atoms with Crippen LogP contribution in [0.25, 0.3) is 21.0 Å². The van der Waals surface area contributed by atoms with E-state index in [4.69, 9.17) is 4.74 Å². The van der Waals surface area contributed by atoms with E-state index in [9.17, 15) is 4.79 Å². The minimum atomic E-state index is -0.145. The number of thiazole rings is 1. The van der Waals surface area contributed by atoms with Crippen molar-refractivity contribution < 1.29 is 9.53 Å². The molecule has 1 heterocycles. The number of carbonyl (C=O) groups is 1. The van der Waals surface area contributed by atoms with E-state index in [1.165, 1.54) is 11.3 Å². The van der Waals surface area contributed by atoms with Gasteiger partial charge in [0.15, 0.2) is 4.80 Å². The van der Waals surface area contributed by atoms with Crippen LogP contribution in [0.4, 0.5) is 0 Å². The fourth-order valence-corrected chi connectivity index (χ4v) is 4.91. The Hall–Kier alpha value is -2.28.